The summed E-state index contributed by atoms with van der Waals surface area (Å²) in [4.78, 5) is 34.4. The fourth-order valence-electron chi connectivity index (χ4n) is 3.35. The summed E-state index contributed by atoms with van der Waals surface area (Å²) < 4.78 is 5.40. The Balaban J connectivity index is 1.81. The van der Waals surface area contributed by atoms with E-state index in [1.165, 1.54) is 6.20 Å². The van der Waals surface area contributed by atoms with Crippen LogP contribution in [0.5, 0.6) is 0 Å². The molecule has 10 nitrogen and oxygen atoms in total. The molecule has 1 aromatic carbocycles. The van der Waals surface area contributed by atoms with E-state index in [1.54, 1.807) is 0 Å². The van der Waals surface area contributed by atoms with Gasteiger partial charge in [-0.25, -0.2) is 9.97 Å². The van der Waals surface area contributed by atoms with Gasteiger partial charge in [-0.15, -0.1) is 0 Å². The van der Waals surface area contributed by atoms with E-state index in [9.17, 15) is 9.59 Å². The first-order chi connectivity index (χ1) is 14.8. The predicted molar refractivity (Wildman–Crippen MR) is 118 cm³/mol. The first kappa shape index (κ1) is 22.4. The Labute approximate surface area is 181 Å². The number of amides is 2. The Morgan fingerprint density at radius 1 is 1.23 bits per heavy atom. The number of hydrogen-bond donors (Lipinski definition) is 4. The van der Waals surface area contributed by atoms with Gasteiger partial charge in [-0.05, 0) is 23.6 Å². The van der Waals surface area contributed by atoms with Crippen LogP contribution in [-0.4, -0.2) is 59.0 Å². The second kappa shape index (κ2) is 10.2. The van der Waals surface area contributed by atoms with E-state index in [0.717, 1.165) is 44.1 Å². The fraction of sp³-hybridized carbons (Fsp3) is 0.429. The van der Waals surface area contributed by atoms with Crippen LogP contribution < -0.4 is 22.1 Å². The quantitative estimate of drug-likeness (QED) is 0.464. The maximum atomic E-state index is 11.9. The zero-order chi connectivity index (χ0) is 22.4. The van der Waals surface area contributed by atoms with Crippen LogP contribution in [0.25, 0.3) is 0 Å². The van der Waals surface area contributed by atoms with Gasteiger partial charge in [0.2, 0.25) is 5.91 Å². The highest BCUT2D eigenvalue weighted by Crippen LogP contribution is 2.22. The number of primary amides is 2. The molecular weight excluding hydrogens is 398 g/mol. The molecule has 2 aromatic rings. The zero-order valence-electron chi connectivity index (χ0n) is 17.8. The first-order valence-corrected chi connectivity index (χ1v) is 10.2. The molecule has 10 heteroatoms. The minimum absolute atomic E-state index is 0.00399. The molecule has 1 aliphatic rings. The van der Waals surface area contributed by atoms with E-state index >= 15 is 0 Å². The van der Waals surface area contributed by atoms with Gasteiger partial charge in [0, 0.05) is 25.3 Å². The van der Waals surface area contributed by atoms with Crippen LogP contribution in [0.3, 0.4) is 0 Å². The van der Waals surface area contributed by atoms with Crippen LogP contribution in [0, 0.1) is 5.92 Å². The van der Waals surface area contributed by atoms with E-state index in [2.05, 4.69) is 25.5 Å². The van der Waals surface area contributed by atoms with Crippen molar-refractivity contribution in [3.63, 3.8) is 0 Å². The molecule has 1 aliphatic heterocycles. The Bertz CT molecular complexity index is 929. The highest BCUT2D eigenvalue weighted by molar-refractivity contribution is 5.96. The lowest BCUT2D eigenvalue weighted by Crippen LogP contribution is -2.39. The van der Waals surface area contributed by atoms with Crippen molar-refractivity contribution < 1.29 is 14.3 Å². The number of ether oxygens (including phenoxy) is 1. The molecule has 1 aromatic heterocycles. The topological polar surface area (TPSA) is 148 Å². The molecule has 1 saturated heterocycles. The molecular formula is C21H29N7O3. The molecule has 0 aliphatic carbocycles. The number of carbonyl (C=O) groups is 2. The van der Waals surface area contributed by atoms with E-state index in [4.69, 9.17) is 16.2 Å². The van der Waals surface area contributed by atoms with Crippen LogP contribution in [-0.2, 0) is 16.1 Å². The lowest BCUT2D eigenvalue weighted by Gasteiger charge is -2.26. The van der Waals surface area contributed by atoms with E-state index in [-0.39, 0.29) is 17.4 Å². The van der Waals surface area contributed by atoms with Crippen molar-refractivity contribution in [3.8, 4) is 0 Å². The number of carbonyl (C=O) groups excluding carboxylic acids is 2. The van der Waals surface area contributed by atoms with Gasteiger partial charge in [-0.1, -0.05) is 26.0 Å². The van der Waals surface area contributed by atoms with Gasteiger partial charge in [-0.2, -0.15) is 0 Å². The molecule has 3 rings (SSSR count). The van der Waals surface area contributed by atoms with Crippen LogP contribution in [0.1, 0.15) is 29.9 Å². The summed E-state index contributed by atoms with van der Waals surface area (Å²) in [7, 11) is 0. The van der Waals surface area contributed by atoms with Crippen molar-refractivity contribution >= 4 is 29.1 Å². The summed E-state index contributed by atoms with van der Waals surface area (Å²) >= 11 is 0. The largest absolute Gasteiger partial charge is 0.379 e. The number of rotatable bonds is 9. The van der Waals surface area contributed by atoms with Gasteiger partial charge in [0.25, 0.3) is 5.91 Å². The lowest BCUT2D eigenvalue weighted by atomic mass is 10.0. The molecule has 0 bridgehead atoms. The number of aromatic nitrogens is 2. The summed E-state index contributed by atoms with van der Waals surface area (Å²) in [5.41, 5.74) is 12.8. The molecule has 166 valence electrons. The van der Waals surface area contributed by atoms with Crippen molar-refractivity contribution in [2.24, 2.45) is 17.4 Å². The van der Waals surface area contributed by atoms with Crippen molar-refractivity contribution in [2.75, 3.05) is 36.9 Å². The Hall–Kier alpha value is -3.24. The normalized spacial score (nSPS) is 15.5. The Morgan fingerprint density at radius 2 is 1.97 bits per heavy atom. The monoisotopic (exact) mass is 427 g/mol. The number of nitrogens with two attached hydrogens (primary N) is 2. The molecule has 1 atom stereocenters. The maximum absolute atomic E-state index is 11.9. The number of nitrogens with one attached hydrogen (secondary N) is 2. The maximum Gasteiger partial charge on any atom is 0.271 e. The van der Waals surface area contributed by atoms with E-state index < -0.39 is 17.9 Å². The Morgan fingerprint density at radius 3 is 2.61 bits per heavy atom. The molecule has 1 fully saturated rings. The average molecular weight is 428 g/mol. The summed E-state index contributed by atoms with van der Waals surface area (Å²) in [6, 6.07) is 7.20. The molecule has 2 heterocycles. The molecule has 0 unspecified atom stereocenters. The van der Waals surface area contributed by atoms with Gasteiger partial charge < -0.3 is 26.8 Å². The minimum atomic E-state index is -0.707. The molecule has 31 heavy (non-hydrogen) atoms. The van der Waals surface area contributed by atoms with Gasteiger partial charge in [0.05, 0.1) is 19.4 Å². The molecule has 0 saturated carbocycles. The molecule has 0 spiro atoms. The van der Waals surface area contributed by atoms with Gasteiger partial charge in [0.1, 0.15) is 11.9 Å². The first-order valence-electron chi connectivity index (χ1n) is 10.2. The predicted octanol–water partition coefficient (Wildman–Crippen LogP) is 1.07. The number of hydrogen-bond acceptors (Lipinski definition) is 8. The second-order valence-electron chi connectivity index (χ2n) is 7.80. The number of benzene rings is 1. The van der Waals surface area contributed by atoms with Crippen LogP contribution >= 0.6 is 0 Å². The smallest absolute Gasteiger partial charge is 0.271 e. The standard InChI is InChI=1S/C21H29N7O3/c1-13(2)17(19(22)29)26-16-11-24-18(20(23)30)21(27-16)25-15-5-3-4-14(10-15)12-28-6-8-31-9-7-28/h3-5,10-11,13,17H,6-9,12H2,1-2H3,(H2,22,29)(H2,23,30)(H2,25,26,27)/t17-/m1/s1. The number of anilines is 3. The lowest BCUT2D eigenvalue weighted by molar-refractivity contribution is -0.119. The van der Waals surface area contributed by atoms with Crippen LogP contribution in [0.4, 0.5) is 17.3 Å². The summed E-state index contributed by atoms with van der Waals surface area (Å²) in [5, 5.41) is 6.11. The summed E-state index contributed by atoms with van der Waals surface area (Å²) in [6.45, 7) is 7.78. The fourth-order valence-corrected chi connectivity index (χ4v) is 3.35. The number of nitrogens with zero attached hydrogens (tertiary/aromatic N) is 3. The van der Waals surface area contributed by atoms with Gasteiger partial charge in [-0.3, -0.25) is 14.5 Å². The third-order valence-corrected chi connectivity index (χ3v) is 4.98. The minimum Gasteiger partial charge on any atom is -0.379 e. The van der Waals surface area contributed by atoms with Crippen LogP contribution in [0.15, 0.2) is 30.5 Å². The third-order valence-electron chi connectivity index (χ3n) is 4.98. The van der Waals surface area contributed by atoms with Crippen molar-refractivity contribution in [1.29, 1.82) is 0 Å². The van der Waals surface area contributed by atoms with Crippen molar-refractivity contribution in [3.05, 3.63) is 41.7 Å². The van der Waals surface area contributed by atoms with Gasteiger partial charge in [0.15, 0.2) is 11.5 Å². The van der Waals surface area contributed by atoms with Gasteiger partial charge >= 0.3 is 0 Å². The van der Waals surface area contributed by atoms with Crippen LogP contribution in [0.2, 0.25) is 0 Å². The Kier molecular flexibility index (Phi) is 7.37. The molecule has 0 radical (unpaired) electrons. The van der Waals surface area contributed by atoms with Crippen molar-refractivity contribution in [1.82, 2.24) is 14.9 Å². The van der Waals surface area contributed by atoms with E-state index in [0.29, 0.717) is 5.82 Å². The summed E-state index contributed by atoms with van der Waals surface area (Å²) in [5.74, 6) is -0.742. The SMILES string of the molecule is CC(C)[C@@H](Nc1cnc(C(N)=O)c(Nc2cccc(CN3CCOCC3)c2)n1)C(N)=O. The second-order valence-corrected chi connectivity index (χ2v) is 7.80. The molecule has 2 amide bonds. The van der Waals surface area contributed by atoms with E-state index in [1.807, 2.05) is 38.1 Å². The summed E-state index contributed by atoms with van der Waals surface area (Å²) in [6.07, 6.45) is 1.36. The number of morpholine rings is 1. The highest BCUT2D eigenvalue weighted by atomic mass is 16.5. The molecule has 6 N–H and O–H groups in total. The average Bonchev–Trinajstić information content (AvgIpc) is 2.72. The zero-order valence-corrected chi connectivity index (χ0v) is 17.8. The van der Waals surface area contributed by atoms with Crippen molar-refractivity contribution in [2.45, 2.75) is 26.4 Å². The third kappa shape index (κ3) is 6.12. The highest BCUT2D eigenvalue weighted by Gasteiger charge is 2.21.